The van der Waals surface area contributed by atoms with Crippen molar-refractivity contribution in [2.45, 2.75) is 44.9 Å². The van der Waals surface area contributed by atoms with Gasteiger partial charge in [0.25, 0.3) is 11.8 Å². The maximum absolute atomic E-state index is 14.8. The van der Waals surface area contributed by atoms with Crippen LogP contribution in [-0.2, 0) is 17.9 Å². The Labute approximate surface area is 236 Å². The van der Waals surface area contributed by atoms with Gasteiger partial charge in [-0.1, -0.05) is 42.5 Å². The van der Waals surface area contributed by atoms with Gasteiger partial charge < -0.3 is 15.4 Å². The third-order valence-corrected chi connectivity index (χ3v) is 6.78. The van der Waals surface area contributed by atoms with Crippen molar-refractivity contribution in [3.63, 3.8) is 0 Å². The van der Waals surface area contributed by atoms with Gasteiger partial charge in [0.2, 0.25) is 12.0 Å². The summed E-state index contributed by atoms with van der Waals surface area (Å²) in [4.78, 5) is 31.6. The van der Waals surface area contributed by atoms with Crippen LogP contribution < -0.4 is 15.4 Å². The van der Waals surface area contributed by atoms with Gasteiger partial charge in [-0.3, -0.25) is 14.3 Å². The molecule has 0 saturated heterocycles. The Kier molecular flexibility index (Phi) is 6.75. The summed E-state index contributed by atoms with van der Waals surface area (Å²) in [6, 6.07) is 13.1. The van der Waals surface area contributed by atoms with Gasteiger partial charge in [0.05, 0.1) is 23.7 Å². The zero-order valence-electron chi connectivity index (χ0n) is 22.0. The standard InChI is InChI=1S/C28H23F4N7O3/c1-15-10-11-39-27(42-15)20(22(37-39)17-12-33-38(13-17)14-28(30,31)32)25(40)36-24-26(41)35-23-18(8-5-9-19(23)29)21(34-24)16-6-3-2-4-7-16/h2-9,12-13,15,24H,10-11,14H2,1H3,(H,35,41)(H,36,40)/t15-,24-/m1/s1. The molecule has 6 rings (SSSR count). The molecule has 42 heavy (non-hydrogen) atoms. The van der Waals surface area contributed by atoms with Crippen molar-refractivity contribution in [3.05, 3.63) is 83.4 Å². The molecule has 14 heteroatoms. The number of halogens is 4. The highest BCUT2D eigenvalue weighted by atomic mass is 19.4. The highest BCUT2D eigenvalue weighted by Gasteiger charge is 2.35. The van der Waals surface area contributed by atoms with Crippen LogP contribution in [0.3, 0.4) is 0 Å². The minimum atomic E-state index is -4.51. The molecule has 4 aromatic rings. The Morgan fingerprint density at radius 2 is 1.93 bits per heavy atom. The van der Waals surface area contributed by atoms with Crippen molar-refractivity contribution in [3.8, 4) is 17.1 Å². The number of aryl methyl sites for hydroxylation is 1. The van der Waals surface area contributed by atoms with Gasteiger partial charge in [-0.2, -0.15) is 23.4 Å². The molecule has 2 aliphatic heterocycles. The second-order valence-electron chi connectivity index (χ2n) is 9.88. The van der Waals surface area contributed by atoms with Crippen LogP contribution in [0, 0.1) is 5.82 Å². The molecular formula is C28H23F4N7O3. The zero-order chi connectivity index (χ0) is 29.6. The van der Waals surface area contributed by atoms with Gasteiger partial charge in [-0.15, -0.1) is 0 Å². The lowest BCUT2D eigenvalue weighted by molar-refractivity contribution is -0.142. The number of carbonyl (C=O) groups is 2. The first-order chi connectivity index (χ1) is 20.1. The topological polar surface area (TPSA) is 115 Å². The molecule has 0 fully saturated rings. The average Bonchev–Trinajstić information content (AvgIpc) is 3.52. The quantitative estimate of drug-likeness (QED) is 0.344. The molecule has 0 spiro atoms. The van der Waals surface area contributed by atoms with Crippen molar-refractivity contribution >= 4 is 23.2 Å². The van der Waals surface area contributed by atoms with E-state index >= 15 is 0 Å². The number of rotatable bonds is 5. The van der Waals surface area contributed by atoms with Crippen molar-refractivity contribution in [2.24, 2.45) is 4.99 Å². The molecule has 0 bridgehead atoms. The number of alkyl halides is 3. The number of fused-ring (bicyclic) bond motifs is 2. The minimum absolute atomic E-state index is 0.0284. The highest BCUT2D eigenvalue weighted by Crippen LogP contribution is 2.35. The van der Waals surface area contributed by atoms with E-state index in [9.17, 15) is 27.2 Å². The van der Waals surface area contributed by atoms with E-state index < -0.39 is 36.5 Å². The molecule has 0 saturated carbocycles. The number of amides is 2. The predicted molar refractivity (Wildman–Crippen MR) is 143 cm³/mol. The summed E-state index contributed by atoms with van der Waals surface area (Å²) in [5, 5.41) is 13.3. The Balaban J connectivity index is 1.40. The van der Waals surface area contributed by atoms with Crippen molar-refractivity contribution in [1.82, 2.24) is 24.9 Å². The van der Waals surface area contributed by atoms with Crippen LogP contribution >= 0.6 is 0 Å². The molecule has 4 heterocycles. The number of hydrogen-bond donors (Lipinski definition) is 2. The van der Waals surface area contributed by atoms with Gasteiger partial charge >= 0.3 is 6.18 Å². The Hall–Kier alpha value is -5.01. The summed E-state index contributed by atoms with van der Waals surface area (Å²) in [6.45, 7) is 0.869. The third kappa shape index (κ3) is 5.22. The van der Waals surface area contributed by atoms with Crippen LogP contribution in [0.15, 0.2) is 65.9 Å². The van der Waals surface area contributed by atoms with Crippen molar-refractivity contribution in [2.75, 3.05) is 5.32 Å². The largest absolute Gasteiger partial charge is 0.474 e. The van der Waals surface area contributed by atoms with Crippen molar-refractivity contribution < 1.29 is 31.9 Å². The smallest absolute Gasteiger partial charge is 0.408 e. The molecule has 2 atom stereocenters. The van der Waals surface area contributed by atoms with E-state index in [4.69, 9.17) is 4.74 Å². The van der Waals surface area contributed by atoms with Crippen molar-refractivity contribution in [1.29, 1.82) is 0 Å². The van der Waals surface area contributed by atoms with E-state index in [0.29, 0.717) is 28.8 Å². The van der Waals surface area contributed by atoms with Crippen LogP contribution in [0.5, 0.6) is 5.88 Å². The van der Waals surface area contributed by atoms with E-state index in [1.807, 2.05) is 0 Å². The molecule has 0 unspecified atom stereocenters. The van der Waals surface area contributed by atoms with E-state index in [1.54, 1.807) is 43.3 Å². The number of aliphatic imine (C=N–C) groups is 1. The number of nitrogens with zero attached hydrogens (tertiary/aromatic N) is 5. The van der Waals surface area contributed by atoms with Gasteiger partial charge in [0, 0.05) is 35.9 Å². The first kappa shape index (κ1) is 27.2. The molecule has 0 aliphatic carbocycles. The molecule has 2 aromatic carbocycles. The van der Waals surface area contributed by atoms with Gasteiger partial charge in [0.15, 0.2) is 0 Å². The highest BCUT2D eigenvalue weighted by molar-refractivity contribution is 6.20. The normalized spacial score (nSPS) is 18.2. The Morgan fingerprint density at radius 3 is 2.69 bits per heavy atom. The average molecular weight is 582 g/mol. The summed E-state index contributed by atoms with van der Waals surface area (Å²) >= 11 is 0. The fourth-order valence-electron chi connectivity index (χ4n) is 4.85. The van der Waals surface area contributed by atoms with E-state index in [-0.39, 0.29) is 40.2 Å². The monoisotopic (exact) mass is 581 g/mol. The number of aromatic nitrogens is 4. The number of hydrogen-bond acceptors (Lipinski definition) is 6. The second kappa shape index (κ2) is 10.4. The second-order valence-corrected chi connectivity index (χ2v) is 9.88. The third-order valence-electron chi connectivity index (χ3n) is 6.78. The van der Waals surface area contributed by atoms with Gasteiger partial charge in [0.1, 0.15) is 23.6 Å². The SMILES string of the molecule is C[C@@H]1CCn2nc(-c3cnn(CC(F)(F)F)c3)c(C(=O)N[C@H]3N=C(c4ccccc4)c4cccc(F)c4NC3=O)c2O1. The Morgan fingerprint density at radius 1 is 1.14 bits per heavy atom. The molecule has 216 valence electrons. The minimum Gasteiger partial charge on any atom is -0.474 e. The first-order valence-electron chi connectivity index (χ1n) is 13.0. The number of anilines is 1. The number of benzodiazepines with no additional fused rings is 1. The van der Waals surface area contributed by atoms with E-state index in [2.05, 4.69) is 25.8 Å². The first-order valence-corrected chi connectivity index (χ1v) is 13.0. The molecule has 10 nitrogen and oxygen atoms in total. The number of benzene rings is 2. The number of ether oxygens (including phenoxy) is 1. The lowest BCUT2D eigenvalue weighted by Gasteiger charge is -2.22. The van der Waals surface area contributed by atoms with Gasteiger partial charge in [-0.05, 0) is 13.0 Å². The van der Waals surface area contributed by atoms with Crippen LogP contribution in [0.25, 0.3) is 11.3 Å². The van der Waals surface area contributed by atoms with Gasteiger partial charge in [-0.25, -0.2) is 14.1 Å². The Bertz CT molecular complexity index is 1710. The van der Waals surface area contributed by atoms with Crippen LogP contribution in [-0.4, -0.2) is 55.5 Å². The molecular weight excluding hydrogens is 558 g/mol. The molecule has 2 aromatic heterocycles. The van der Waals surface area contributed by atoms with Crippen LogP contribution in [0.4, 0.5) is 23.2 Å². The van der Waals surface area contributed by atoms with E-state index in [0.717, 1.165) is 6.20 Å². The number of nitrogens with one attached hydrogen (secondary N) is 2. The summed E-state index contributed by atoms with van der Waals surface area (Å²) in [5.41, 5.74) is 1.17. The fourth-order valence-corrected chi connectivity index (χ4v) is 4.85. The van der Waals surface area contributed by atoms with Crippen LogP contribution in [0.1, 0.15) is 34.8 Å². The predicted octanol–water partition coefficient (Wildman–Crippen LogP) is 4.16. The van der Waals surface area contributed by atoms with E-state index in [1.165, 1.54) is 23.0 Å². The van der Waals surface area contributed by atoms with Crippen LogP contribution in [0.2, 0.25) is 0 Å². The lowest BCUT2D eigenvalue weighted by atomic mass is 10.0. The summed E-state index contributed by atoms with van der Waals surface area (Å²) < 4.78 is 61.8. The summed E-state index contributed by atoms with van der Waals surface area (Å²) in [7, 11) is 0. The fraction of sp³-hybridized carbons (Fsp3) is 0.250. The lowest BCUT2D eigenvalue weighted by Crippen LogP contribution is -2.42. The maximum Gasteiger partial charge on any atom is 0.408 e. The molecule has 2 N–H and O–H groups in total. The summed E-state index contributed by atoms with van der Waals surface area (Å²) in [5.74, 6) is -2.19. The number of para-hydroxylation sites is 1. The molecule has 2 amide bonds. The molecule has 2 aliphatic rings. The zero-order valence-corrected chi connectivity index (χ0v) is 22.0. The summed E-state index contributed by atoms with van der Waals surface area (Å²) in [6.07, 6.45) is -3.40. The molecule has 0 radical (unpaired) electrons. The number of carbonyl (C=O) groups excluding carboxylic acids is 2. The maximum atomic E-state index is 14.8.